The molecular weight excluding hydrogens is 364 g/mol. The molecule has 0 radical (unpaired) electrons. The van der Waals surface area contributed by atoms with Gasteiger partial charge in [-0.3, -0.25) is 0 Å². The van der Waals surface area contributed by atoms with Crippen molar-refractivity contribution in [2.45, 2.75) is 43.2 Å². The lowest BCUT2D eigenvalue weighted by Crippen LogP contribution is -2.48. The minimum atomic E-state index is -3.42. The van der Waals surface area contributed by atoms with Gasteiger partial charge in [0.1, 0.15) is 0 Å². The number of rotatable bonds is 5. The molecule has 2 fully saturated rings. The standard InChI is InChI=1S/C19H30N4O3S/c1-21(2)27(25,26)18-7-5-16(6-8-18)15-20-19(24)23-13-9-17(10-14-23)22-11-3-4-12-22/h5-8,17H,3-4,9-15H2,1-2H3,(H,20,24). The average Bonchev–Trinajstić information content (AvgIpc) is 3.21. The van der Waals surface area contributed by atoms with Gasteiger partial charge in [0.2, 0.25) is 10.0 Å². The zero-order chi connectivity index (χ0) is 19.4. The number of sulfonamides is 1. The molecule has 1 aromatic carbocycles. The van der Waals surface area contributed by atoms with Gasteiger partial charge < -0.3 is 15.1 Å². The van der Waals surface area contributed by atoms with E-state index in [1.165, 1.54) is 44.3 Å². The van der Waals surface area contributed by atoms with Crippen LogP contribution in [-0.4, -0.2) is 74.9 Å². The van der Waals surface area contributed by atoms with Crippen LogP contribution in [-0.2, 0) is 16.6 Å². The van der Waals surface area contributed by atoms with E-state index in [-0.39, 0.29) is 10.9 Å². The van der Waals surface area contributed by atoms with Gasteiger partial charge in [0.15, 0.2) is 0 Å². The van der Waals surface area contributed by atoms with Crippen LogP contribution in [0.5, 0.6) is 0 Å². The quantitative estimate of drug-likeness (QED) is 0.825. The summed E-state index contributed by atoms with van der Waals surface area (Å²) >= 11 is 0. The van der Waals surface area contributed by atoms with E-state index in [1.54, 1.807) is 24.3 Å². The van der Waals surface area contributed by atoms with Crippen LogP contribution >= 0.6 is 0 Å². The van der Waals surface area contributed by atoms with Crippen LogP contribution in [0.25, 0.3) is 0 Å². The molecular formula is C19H30N4O3S. The minimum Gasteiger partial charge on any atom is -0.334 e. The number of nitrogens with one attached hydrogen (secondary N) is 1. The summed E-state index contributed by atoms with van der Waals surface area (Å²) in [5, 5.41) is 2.95. The molecule has 1 N–H and O–H groups in total. The molecule has 0 saturated carbocycles. The molecule has 7 nitrogen and oxygen atoms in total. The number of urea groups is 1. The van der Waals surface area contributed by atoms with Crippen LogP contribution < -0.4 is 5.32 Å². The highest BCUT2D eigenvalue weighted by molar-refractivity contribution is 7.89. The average molecular weight is 395 g/mol. The van der Waals surface area contributed by atoms with E-state index in [4.69, 9.17) is 0 Å². The molecule has 2 aliphatic heterocycles. The fourth-order valence-corrected chi connectivity index (χ4v) is 4.72. The Morgan fingerprint density at radius 1 is 1.07 bits per heavy atom. The maximum absolute atomic E-state index is 12.4. The number of piperidine rings is 1. The third kappa shape index (κ3) is 4.80. The predicted molar refractivity (Wildman–Crippen MR) is 105 cm³/mol. The van der Waals surface area contributed by atoms with Crippen LogP contribution in [0.4, 0.5) is 4.79 Å². The lowest BCUT2D eigenvalue weighted by atomic mass is 10.0. The molecule has 3 rings (SSSR count). The molecule has 0 aromatic heterocycles. The molecule has 0 unspecified atom stereocenters. The summed E-state index contributed by atoms with van der Waals surface area (Å²) in [6.07, 6.45) is 4.69. The van der Waals surface area contributed by atoms with Crippen LogP contribution in [0.2, 0.25) is 0 Å². The molecule has 150 valence electrons. The van der Waals surface area contributed by atoms with Gasteiger partial charge in [-0.1, -0.05) is 12.1 Å². The summed E-state index contributed by atoms with van der Waals surface area (Å²) in [6.45, 7) is 4.40. The SMILES string of the molecule is CN(C)S(=O)(=O)c1ccc(CNC(=O)N2CCC(N3CCCC3)CC2)cc1. The van der Waals surface area contributed by atoms with E-state index in [9.17, 15) is 13.2 Å². The van der Waals surface area contributed by atoms with Gasteiger partial charge in [-0.25, -0.2) is 17.5 Å². The highest BCUT2D eigenvalue weighted by Gasteiger charge is 2.28. The maximum atomic E-state index is 12.4. The third-order valence-corrected chi connectivity index (χ3v) is 7.38. The topological polar surface area (TPSA) is 73.0 Å². The van der Waals surface area contributed by atoms with E-state index < -0.39 is 10.0 Å². The van der Waals surface area contributed by atoms with Crippen molar-refractivity contribution in [3.05, 3.63) is 29.8 Å². The number of hydrogen-bond donors (Lipinski definition) is 1. The molecule has 2 heterocycles. The zero-order valence-electron chi connectivity index (χ0n) is 16.2. The van der Waals surface area contributed by atoms with Gasteiger partial charge in [0.05, 0.1) is 4.90 Å². The number of carbonyl (C=O) groups excluding carboxylic acids is 1. The van der Waals surface area contributed by atoms with Crippen molar-refractivity contribution < 1.29 is 13.2 Å². The first-order chi connectivity index (χ1) is 12.9. The van der Waals surface area contributed by atoms with Crippen molar-refractivity contribution in [2.75, 3.05) is 40.3 Å². The van der Waals surface area contributed by atoms with Crippen LogP contribution in [0.1, 0.15) is 31.2 Å². The second-order valence-corrected chi connectivity index (χ2v) is 9.70. The smallest absolute Gasteiger partial charge is 0.317 e. The Hall–Kier alpha value is -1.64. The Morgan fingerprint density at radius 2 is 1.67 bits per heavy atom. The van der Waals surface area contributed by atoms with Crippen LogP contribution in [0, 0.1) is 0 Å². The first-order valence-electron chi connectivity index (χ1n) is 9.66. The molecule has 2 saturated heterocycles. The van der Waals surface area contributed by atoms with Crippen molar-refractivity contribution in [3.8, 4) is 0 Å². The monoisotopic (exact) mass is 394 g/mol. The number of carbonyl (C=O) groups is 1. The molecule has 2 aliphatic rings. The molecule has 1 aromatic rings. The number of hydrogen-bond acceptors (Lipinski definition) is 4. The number of nitrogens with zero attached hydrogens (tertiary/aromatic N) is 3. The van der Waals surface area contributed by atoms with Crippen molar-refractivity contribution >= 4 is 16.1 Å². The van der Waals surface area contributed by atoms with Gasteiger partial charge in [0.25, 0.3) is 0 Å². The fourth-order valence-electron chi connectivity index (χ4n) is 3.82. The molecule has 2 amide bonds. The van der Waals surface area contributed by atoms with E-state index in [1.807, 2.05) is 4.90 Å². The predicted octanol–water partition coefficient (Wildman–Crippen LogP) is 1.71. The Balaban J connectivity index is 1.47. The Morgan fingerprint density at radius 3 is 2.22 bits per heavy atom. The Labute approximate surface area is 162 Å². The highest BCUT2D eigenvalue weighted by atomic mass is 32.2. The summed E-state index contributed by atoms with van der Waals surface area (Å²) in [7, 11) is -0.400. The summed E-state index contributed by atoms with van der Waals surface area (Å²) in [4.78, 5) is 17.1. The van der Waals surface area contributed by atoms with Crippen LogP contribution in [0.15, 0.2) is 29.2 Å². The van der Waals surface area contributed by atoms with Crippen LogP contribution in [0.3, 0.4) is 0 Å². The minimum absolute atomic E-state index is 0.0418. The molecule has 27 heavy (non-hydrogen) atoms. The largest absolute Gasteiger partial charge is 0.334 e. The van der Waals surface area contributed by atoms with Crippen molar-refractivity contribution in [3.63, 3.8) is 0 Å². The second kappa shape index (κ2) is 8.58. The van der Waals surface area contributed by atoms with E-state index in [0.717, 1.165) is 31.5 Å². The van der Waals surface area contributed by atoms with Gasteiger partial charge in [-0.2, -0.15) is 0 Å². The summed E-state index contributed by atoms with van der Waals surface area (Å²) in [5.41, 5.74) is 0.882. The summed E-state index contributed by atoms with van der Waals surface area (Å²) < 4.78 is 25.4. The van der Waals surface area contributed by atoms with E-state index in [2.05, 4.69) is 10.2 Å². The van der Waals surface area contributed by atoms with Gasteiger partial charge >= 0.3 is 6.03 Å². The fraction of sp³-hybridized carbons (Fsp3) is 0.632. The van der Waals surface area contributed by atoms with Crippen molar-refractivity contribution in [1.29, 1.82) is 0 Å². The van der Waals surface area contributed by atoms with Crippen molar-refractivity contribution in [1.82, 2.24) is 19.4 Å². The summed E-state index contributed by atoms with van der Waals surface area (Å²) in [6, 6.07) is 7.24. The third-order valence-electron chi connectivity index (χ3n) is 5.55. The highest BCUT2D eigenvalue weighted by Crippen LogP contribution is 2.21. The van der Waals surface area contributed by atoms with Gasteiger partial charge in [-0.05, 0) is 56.5 Å². The molecule has 8 heteroatoms. The lowest BCUT2D eigenvalue weighted by molar-refractivity contribution is 0.134. The molecule has 0 bridgehead atoms. The van der Waals surface area contributed by atoms with Gasteiger partial charge in [0, 0.05) is 39.8 Å². The first-order valence-corrected chi connectivity index (χ1v) is 11.1. The lowest BCUT2D eigenvalue weighted by Gasteiger charge is -2.36. The number of amides is 2. The van der Waals surface area contributed by atoms with E-state index in [0.29, 0.717) is 12.6 Å². The molecule has 0 aliphatic carbocycles. The normalized spacial score (nSPS) is 19.6. The molecule has 0 atom stereocenters. The summed E-state index contributed by atoms with van der Waals surface area (Å²) in [5.74, 6) is 0. The Bertz CT molecular complexity index is 735. The van der Waals surface area contributed by atoms with E-state index >= 15 is 0 Å². The number of likely N-dealkylation sites (tertiary alicyclic amines) is 2. The zero-order valence-corrected chi connectivity index (χ0v) is 17.0. The van der Waals surface area contributed by atoms with Crippen molar-refractivity contribution in [2.24, 2.45) is 0 Å². The Kier molecular flexibility index (Phi) is 6.39. The first kappa shape index (κ1) is 20.1. The van der Waals surface area contributed by atoms with Gasteiger partial charge in [-0.15, -0.1) is 0 Å². The molecule has 0 spiro atoms. The maximum Gasteiger partial charge on any atom is 0.317 e. The second-order valence-electron chi connectivity index (χ2n) is 7.55. The number of benzene rings is 1.